The minimum absolute atomic E-state index is 0.0426. The fourth-order valence-corrected chi connectivity index (χ4v) is 4.65. The molecule has 3 atom stereocenters. The predicted octanol–water partition coefficient (Wildman–Crippen LogP) is 4.01. The number of likely N-dealkylation sites (tertiary alicyclic amines) is 1. The molecule has 2 heterocycles. The second-order valence-electron chi connectivity index (χ2n) is 10.2. The maximum absolute atomic E-state index is 13.1. The highest BCUT2D eigenvalue weighted by molar-refractivity contribution is 5.88. The topological polar surface area (TPSA) is 71.5 Å². The summed E-state index contributed by atoms with van der Waals surface area (Å²) < 4.78 is 5.45. The van der Waals surface area contributed by atoms with Crippen LogP contribution in [0.15, 0.2) is 30.3 Å². The lowest BCUT2D eigenvalue weighted by molar-refractivity contribution is -0.125. The van der Waals surface area contributed by atoms with Crippen LogP contribution in [0.1, 0.15) is 46.0 Å². The van der Waals surface area contributed by atoms with Crippen molar-refractivity contribution in [3.8, 4) is 0 Å². The van der Waals surface area contributed by atoms with E-state index in [0.717, 1.165) is 22.2 Å². The molecular weight excluding hydrogens is 378 g/mol. The summed E-state index contributed by atoms with van der Waals surface area (Å²) in [6, 6.07) is 10.2. The summed E-state index contributed by atoms with van der Waals surface area (Å²) in [5, 5.41) is 5.41. The molecule has 2 fully saturated rings. The van der Waals surface area contributed by atoms with Gasteiger partial charge in [0.15, 0.2) is 0 Å². The SMILES string of the molecule is Cc1cc2ccccc2c(C(C)(C)NC(=O)C2[C@H]3CN(C(=O)OC(C)(C)C)C[C@@H]23)n1. The Hall–Kier alpha value is -2.63. The van der Waals surface area contributed by atoms with Gasteiger partial charge in [-0.2, -0.15) is 0 Å². The molecule has 1 aliphatic heterocycles. The lowest BCUT2D eigenvalue weighted by Crippen LogP contribution is -2.44. The monoisotopic (exact) mass is 409 g/mol. The highest BCUT2D eigenvalue weighted by atomic mass is 16.6. The first-order valence-electron chi connectivity index (χ1n) is 10.6. The smallest absolute Gasteiger partial charge is 0.410 e. The van der Waals surface area contributed by atoms with Crippen LogP contribution in [0.3, 0.4) is 0 Å². The fourth-order valence-electron chi connectivity index (χ4n) is 4.65. The van der Waals surface area contributed by atoms with Crippen LogP contribution in [0.2, 0.25) is 0 Å². The van der Waals surface area contributed by atoms with E-state index in [2.05, 4.69) is 23.5 Å². The maximum atomic E-state index is 13.1. The van der Waals surface area contributed by atoms with Crippen LogP contribution < -0.4 is 5.32 Å². The van der Waals surface area contributed by atoms with Gasteiger partial charge in [-0.1, -0.05) is 24.3 Å². The summed E-state index contributed by atoms with van der Waals surface area (Å²) >= 11 is 0. The molecule has 30 heavy (non-hydrogen) atoms. The number of hydrogen-bond donors (Lipinski definition) is 1. The fraction of sp³-hybridized carbons (Fsp3) is 0.542. The van der Waals surface area contributed by atoms with E-state index in [1.807, 2.05) is 53.7 Å². The Morgan fingerprint density at radius 3 is 2.37 bits per heavy atom. The molecule has 1 saturated heterocycles. The van der Waals surface area contributed by atoms with E-state index in [1.165, 1.54) is 0 Å². The summed E-state index contributed by atoms with van der Waals surface area (Å²) in [6.07, 6.45) is -0.287. The Morgan fingerprint density at radius 2 is 1.73 bits per heavy atom. The van der Waals surface area contributed by atoms with Crippen molar-refractivity contribution in [2.45, 2.75) is 52.7 Å². The normalized spacial score (nSPS) is 23.3. The van der Waals surface area contributed by atoms with Gasteiger partial charge in [-0.3, -0.25) is 9.78 Å². The number of nitrogens with zero attached hydrogens (tertiary/aromatic N) is 2. The third-order valence-electron chi connectivity index (χ3n) is 6.04. The lowest BCUT2D eigenvalue weighted by atomic mass is 9.93. The first-order valence-corrected chi connectivity index (χ1v) is 10.6. The predicted molar refractivity (Wildman–Crippen MR) is 116 cm³/mol. The lowest BCUT2D eigenvalue weighted by Gasteiger charge is -2.29. The molecule has 1 aliphatic carbocycles. The van der Waals surface area contributed by atoms with Crippen molar-refractivity contribution in [2.24, 2.45) is 17.8 Å². The van der Waals surface area contributed by atoms with Gasteiger partial charge in [-0.25, -0.2) is 4.79 Å². The summed E-state index contributed by atoms with van der Waals surface area (Å²) in [5.74, 6) is 0.441. The van der Waals surface area contributed by atoms with Crippen LogP contribution in [-0.2, 0) is 15.1 Å². The molecule has 1 N–H and O–H groups in total. The molecule has 0 spiro atoms. The molecule has 2 amide bonds. The summed E-state index contributed by atoms with van der Waals surface area (Å²) in [4.78, 5) is 31.8. The Kier molecular flexibility index (Phi) is 4.79. The zero-order chi connectivity index (χ0) is 21.8. The van der Waals surface area contributed by atoms with Crippen LogP contribution in [0.5, 0.6) is 0 Å². The molecule has 1 saturated carbocycles. The van der Waals surface area contributed by atoms with Gasteiger partial charge in [-0.05, 0) is 64.8 Å². The van der Waals surface area contributed by atoms with Gasteiger partial charge in [0, 0.05) is 30.1 Å². The molecule has 4 rings (SSSR count). The third kappa shape index (κ3) is 3.87. The molecule has 160 valence electrons. The van der Waals surface area contributed by atoms with Gasteiger partial charge in [0.05, 0.1) is 11.2 Å². The number of fused-ring (bicyclic) bond motifs is 2. The number of hydrogen-bond acceptors (Lipinski definition) is 4. The number of piperidine rings is 1. The first kappa shape index (κ1) is 20.6. The second kappa shape index (κ2) is 6.96. The third-order valence-corrected chi connectivity index (χ3v) is 6.04. The van der Waals surface area contributed by atoms with Gasteiger partial charge in [-0.15, -0.1) is 0 Å². The quantitative estimate of drug-likeness (QED) is 0.832. The number of benzene rings is 1. The summed E-state index contributed by atoms with van der Waals surface area (Å²) in [5.41, 5.74) is 0.716. The van der Waals surface area contributed by atoms with E-state index in [4.69, 9.17) is 9.72 Å². The Bertz CT molecular complexity index is 996. The van der Waals surface area contributed by atoms with Gasteiger partial charge < -0.3 is 15.0 Å². The standard InChI is InChI=1S/C24H31N3O3/c1-14-11-15-9-7-8-10-16(15)20(25-14)24(5,6)26-21(28)19-17-12-27(13-18(17)19)22(29)30-23(2,3)4/h7-11,17-19H,12-13H2,1-6H3,(H,26,28)/t17-,18+,19?. The van der Waals surface area contributed by atoms with Crippen molar-refractivity contribution in [3.05, 3.63) is 41.7 Å². The molecule has 1 unspecified atom stereocenters. The molecule has 1 aromatic heterocycles. The Morgan fingerprint density at radius 1 is 1.10 bits per heavy atom. The molecular formula is C24H31N3O3. The van der Waals surface area contributed by atoms with Gasteiger partial charge in [0.2, 0.25) is 5.91 Å². The van der Waals surface area contributed by atoms with E-state index in [-0.39, 0.29) is 29.8 Å². The average molecular weight is 410 g/mol. The van der Waals surface area contributed by atoms with Crippen LogP contribution in [0, 0.1) is 24.7 Å². The highest BCUT2D eigenvalue weighted by Crippen LogP contribution is 2.52. The molecule has 2 aromatic rings. The number of aryl methyl sites for hydroxylation is 1. The van der Waals surface area contributed by atoms with Crippen LogP contribution in [0.4, 0.5) is 4.79 Å². The number of nitrogens with one attached hydrogen (secondary N) is 1. The van der Waals surface area contributed by atoms with Crippen molar-refractivity contribution in [3.63, 3.8) is 0 Å². The maximum Gasteiger partial charge on any atom is 0.410 e. The zero-order valence-electron chi connectivity index (χ0n) is 18.7. The molecule has 0 bridgehead atoms. The van der Waals surface area contributed by atoms with Crippen molar-refractivity contribution in [2.75, 3.05) is 13.1 Å². The van der Waals surface area contributed by atoms with Gasteiger partial charge in [0.1, 0.15) is 5.60 Å². The number of carbonyl (C=O) groups excluding carboxylic acids is 2. The average Bonchev–Trinajstić information content (AvgIpc) is 3.13. The van der Waals surface area contributed by atoms with Crippen LogP contribution >= 0.6 is 0 Å². The largest absolute Gasteiger partial charge is 0.444 e. The minimum atomic E-state index is -0.593. The number of amides is 2. The van der Waals surface area contributed by atoms with Crippen LogP contribution in [-0.4, -0.2) is 40.6 Å². The van der Waals surface area contributed by atoms with Crippen molar-refractivity contribution in [1.82, 2.24) is 15.2 Å². The van der Waals surface area contributed by atoms with Crippen molar-refractivity contribution in [1.29, 1.82) is 0 Å². The zero-order valence-corrected chi connectivity index (χ0v) is 18.7. The number of aromatic nitrogens is 1. The number of rotatable bonds is 3. The van der Waals surface area contributed by atoms with Crippen LogP contribution in [0.25, 0.3) is 10.8 Å². The van der Waals surface area contributed by atoms with Crippen molar-refractivity contribution >= 4 is 22.8 Å². The molecule has 6 nitrogen and oxygen atoms in total. The summed E-state index contributed by atoms with van der Waals surface area (Å²) in [6.45, 7) is 12.8. The number of ether oxygens (including phenoxy) is 1. The van der Waals surface area contributed by atoms with Crippen molar-refractivity contribution < 1.29 is 14.3 Å². The minimum Gasteiger partial charge on any atom is -0.444 e. The van der Waals surface area contributed by atoms with E-state index in [0.29, 0.717) is 13.1 Å². The van der Waals surface area contributed by atoms with E-state index >= 15 is 0 Å². The Balaban J connectivity index is 1.43. The van der Waals surface area contributed by atoms with E-state index in [9.17, 15) is 9.59 Å². The van der Waals surface area contributed by atoms with Gasteiger partial charge >= 0.3 is 6.09 Å². The first-order chi connectivity index (χ1) is 14.0. The Labute approximate surface area is 178 Å². The molecule has 6 heteroatoms. The number of carbonyl (C=O) groups is 2. The summed E-state index contributed by atoms with van der Waals surface area (Å²) in [7, 11) is 0. The second-order valence-corrected chi connectivity index (χ2v) is 10.2. The molecule has 0 radical (unpaired) electrons. The number of pyridine rings is 1. The van der Waals surface area contributed by atoms with Gasteiger partial charge in [0.25, 0.3) is 0 Å². The highest BCUT2D eigenvalue weighted by Gasteiger charge is 2.61. The molecule has 2 aliphatic rings. The molecule has 1 aromatic carbocycles. The van der Waals surface area contributed by atoms with E-state index < -0.39 is 11.1 Å². The van der Waals surface area contributed by atoms with E-state index in [1.54, 1.807) is 4.90 Å².